The molecule has 1 fully saturated rings. The van der Waals surface area contributed by atoms with Crippen LogP contribution in [0.3, 0.4) is 0 Å². The van der Waals surface area contributed by atoms with Crippen molar-refractivity contribution in [3.05, 3.63) is 34.4 Å². The number of rotatable bonds is 8. The molecule has 9 heteroatoms. The van der Waals surface area contributed by atoms with Crippen LogP contribution in [0.25, 0.3) is 22.4 Å². The molecule has 0 bridgehead atoms. The van der Waals surface area contributed by atoms with Crippen molar-refractivity contribution in [3.63, 3.8) is 0 Å². The topological polar surface area (TPSA) is 106 Å². The van der Waals surface area contributed by atoms with Gasteiger partial charge in [-0.3, -0.25) is 19.2 Å². The minimum absolute atomic E-state index is 0.120. The van der Waals surface area contributed by atoms with Crippen LogP contribution >= 0.6 is 0 Å². The highest BCUT2D eigenvalue weighted by Crippen LogP contribution is 2.28. The number of nitrogens with zero attached hydrogens (tertiary/aromatic N) is 5. The number of pyridine rings is 1. The summed E-state index contributed by atoms with van der Waals surface area (Å²) in [6.07, 6.45) is 5.16. The molecule has 158 valence electrons. The van der Waals surface area contributed by atoms with E-state index in [2.05, 4.69) is 38.8 Å². The zero-order valence-electron chi connectivity index (χ0n) is 17.5. The Labute approximate surface area is 174 Å². The van der Waals surface area contributed by atoms with Crippen molar-refractivity contribution in [2.45, 2.75) is 39.7 Å². The second-order valence-corrected chi connectivity index (χ2v) is 7.60. The van der Waals surface area contributed by atoms with Crippen LogP contribution in [0.1, 0.15) is 50.0 Å². The summed E-state index contributed by atoms with van der Waals surface area (Å²) < 4.78 is 7.63. The number of likely N-dealkylation sites (tertiary alicyclic amines) is 1. The molecule has 0 spiro atoms. The fourth-order valence-corrected chi connectivity index (χ4v) is 3.47. The number of aromatic nitrogens is 5. The van der Waals surface area contributed by atoms with Crippen molar-refractivity contribution in [2.24, 2.45) is 0 Å². The van der Waals surface area contributed by atoms with Crippen molar-refractivity contribution in [3.8, 4) is 17.3 Å². The van der Waals surface area contributed by atoms with Gasteiger partial charge >= 0.3 is 0 Å². The number of nitrogens with one attached hydrogen (secondary N) is 1. The van der Waals surface area contributed by atoms with Gasteiger partial charge in [-0.05, 0) is 26.0 Å². The number of ketones is 1. The van der Waals surface area contributed by atoms with Crippen LogP contribution < -0.4 is 10.3 Å². The minimum Gasteiger partial charge on any atom is -0.477 e. The summed E-state index contributed by atoms with van der Waals surface area (Å²) in [4.78, 5) is 38.6. The molecule has 0 atom stereocenters. The van der Waals surface area contributed by atoms with E-state index < -0.39 is 0 Å². The predicted octanol–water partition coefficient (Wildman–Crippen LogP) is 2.44. The lowest BCUT2D eigenvalue weighted by molar-refractivity contribution is 0.101. The highest BCUT2D eigenvalue weighted by molar-refractivity contribution is 5.95. The average molecular weight is 410 g/mol. The Morgan fingerprint density at radius 1 is 1.33 bits per heavy atom. The maximum Gasteiger partial charge on any atom is 0.279 e. The molecular weight excluding hydrogens is 384 g/mol. The summed E-state index contributed by atoms with van der Waals surface area (Å²) in [6.45, 7) is 8.99. The van der Waals surface area contributed by atoms with Crippen molar-refractivity contribution < 1.29 is 9.53 Å². The highest BCUT2D eigenvalue weighted by Gasteiger charge is 2.28. The normalized spacial score (nSPS) is 14.8. The van der Waals surface area contributed by atoms with E-state index in [9.17, 15) is 9.59 Å². The van der Waals surface area contributed by atoms with E-state index in [1.807, 2.05) is 10.9 Å². The van der Waals surface area contributed by atoms with Crippen LogP contribution in [0.15, 0.2) is 23.3 Å². The molecule has 0 radical (unpaired) electrons. The third kappa shape index (κ3) is 3.85. The van der Waals surface area contributed by atoms with E-state index in [0.717, 1.165) is 32.5 Å². The van der Waals surface area contributed by atoms with Gasteiger partial charge in [0, 0.05) is 24.8 Å². The molecule has 3 aromatic rings. The number of carbonyl (C=O) groups excluding carboxylic acids is 1. The Morgan fingerprint density at radius 2 is 2.13 bits per heavy atom. The molecule has 1 aliphatic heterocycles. The molecule has 0 saturated carbocycles. The Morgan fingerprint density at radius 3 is 2.83 bits per heavy atom. The van der Waals surface area contributed by atoms with Crippen molar-refractivity contribution in [2.75, 3.05) is 26.2 Å². The Kier molecular flexibility index (Phi) is 5.63. The van der Waals surface area contributed by atoms with Gasteiger partial charge in [0.15, 0.2) is 11.3 Å². The number of unbranched alkanes of at least 4 members (excludes halogenated alkanes) is 1. The molecule has 3 aromatic heterocycles. The zero-order valence-corrected chi connectivity index (χ0v) is 17.5. The van der Waals surface area contributed by atoms with Gasteiger partial charge in [-0.15, -0.1) is 0 Å². The molecule has 0 aromatic carbocycles. The predicted molar refractivity (Wildman–Crippen MR) is 113 cm³/mol. The summed E-state index contributed by atoms with van der Waals surface area (Å²) in [5.41, 5.74) is 1.41. The van der Waals surface area contributed by atoms with E-state index >= 15 is 0 Å². The van der Waals surface area contributed by atoms with Crippen molar-refractivity contribution >= 4 is 16.8 Å². The summed E-state index contributed by atoms with van der Waals surface area (Å²) in [7, 11) is 0. The van der Waals surface area contributed by atoms with Gasteiger partial charge in [0.1, 0.15) is 11.3 Å². The second kappa shape index (κ2) is 8.35. The summed E-state index contributed by atoms with van der Waals surface area (Å²) >= 11 is 0. The van der Waals surface area contributed by atoms with Crippen molar-refractivity contribution in [1.82, 2.24) is 29.6 Å². The number of Topliss-reactive ketones (excluding diaryl/α,β-unsaturated/α-hetero) is 1. The van der Waals surface area contributed by atoms with E-state index in [4.69, 9.17) is 4.74 Å². The summed E-state index contributed by atoms with van der Waals surface area (Å²) in [5, 5.41) is 4.45. The first-order valence-electron chi connectivity index (χ1n) is 10.4. The first-order valence-corrected chi connectivity index (χ1v) is 10.4. The van der Waals surface area contributed by atoms with Gasteiger partial charge in [-0.2, -0.15) is 5.10 Å². The number of aromatic amines is 1. The van der Waals surface area contributed by atoms with E-state index in [1.165, 1.54) is 13.1 Å². The number of hydrogen-bond acceptors (Lipinski definition) is 7. The lowest BCUT2D eigenvalue weighted by atomic mass is 10.1. The maximum absolute atomic E-state index is 12.7. The van der Waals surface area contributed by atoms with Crippen molar-refractivity contribution in [1.29, 1.82) is 0 Å². The molecule has 0 aliphatic carbocycles. The maximum atomic E-state index is 12.7. The van der Waals surface area contributed by atoms with Gasteiger partial charge in [-0.25, -0.2) is 9.97 Å². The molecule has 1 saturated heterocycles. The third-order valence-corrected chi connectivity index (χ3v) is 5.40. The highest BCUT2D eigenvalue weighted by atomic mass is 16.5. The van der Waals surface area contributed by atoms with Gasteiger partial charge in [0.25, 0.3) is 5.56 Å². The number of hydrogen-bond donors (Lipinski definition) is 1. The molecule has 4 rings (SSSR count). The molecule has 30 heavy (non-hydrogen) atoms. The fourth-order valence-electron chi connectivity index (χ4n) is 3.47. The van der Waals surface area contributed by atoms with Crippen LogP contribution in [0, 0.1) is 0 Å². The standard InChI is InChI=1S/C21H26N6O3/c1-4-6-7-30-21-16(8-14(9-22-21)13(3)28)19-23-17-12-27(15-10-26(5-2)11-15)25-18(17)20(29)24-19/h8-9,12,15H,4-7,10-11H2,1-3H3,(H,23,24,29). The van der Waals surface area contributed by atoms with E-state index in [0.29, 0.717) is 40.5 Å². The van der Waals surface area contributed by atoms with Crippen LogP contribution in [0.2, 0.25) is 0 Å². The van der Waals surface area contributed by atoms with Crippen LogP contribution in [0.4, 0.5) is 0 Å². The molecule has 9 nitrogen and oxygen atoms in total. The lowest BCUT2D eigenvalue weighted by Crippen LogP contribution is -2.47. The van der Waals surface area contributed by atoms with Crippen LogP contribution in [-0.4, -0.2) is 61.7 Å². The first kappa shape index (κ1) is 20.2. The molecule has 0 unspecified atom stereocenters. The largest absolute Gasteiger partial charge is 0.477 e. The summed E-state index contributed by atoms with van der Waals surface area (Å²) in [6, 6.07) is 1.91. The SMILES string of the molecule is CCCCOc1ncc(C(C)=O)cc1-c1nc2cn(C3CN(CC)C3)nc2c(=O)[nH]1. The molecule has 4 heterocycles. The van der Waals surface area contributed by atoms with Gasteiger partial charge < -0.3 is 9.72 Å². The fraction of sp³-hybridized carbons (Fsp3) is 0.476. The smallest absolute Gasteiger partial charge is 0.279 e. The monoisotopic (exact) mass is 410 g/mol. The van der Waals surface area contributed by atoms with Crippen LogP contribution in [-0.2, 0) is 0 Å². The number of likely N-dealkylation sites (N-methyl/N-ethyl adjacent to an activating group) is 1. The van der Waals surface area contributed by atoms with E-state index in [1.54, 1.807) is 6.07 Å². The first-order chi connectivity index (χ1) is 14.5. The zero-order chi connectivity index (χ0) is 21.3. The number of H-pyrrole nitrogens is 1. The lowest BCUT2D eigenvalue weighted by Gasteiger charge is -2.38. The average Bonchev–Trinajstić information content (AvgIpc) is 3.11. The minimum atomic E-state index is -0.326. The molecule has 0 amide bonds. The third-order valence-electron chi connectivity index (χ3n) is 5.40. The molecular formula is C21H26N6O3. The van der Waals surface area contributed by atoms with Crippen LogP contribution in [0.5, 0.6) is 5.88 Å². The van der Waals surface area contributed by atoms with Gasteiger partial charge in [-0.1, -0.05) is 20.3 Å². The second-order valence-electron chi connectivity index (χ2n) is 7.60. The number of fused-ring (bicyclic) bond motifs is 1. The van der Waals surface area contributed by atoms with E-state index in [-0.39, 0.29) is 17.4 Å². The summed E-state index contributed by atoms with van der Waals surface area (Å²) in [5.74, 6) is 0.546. The molecule has 1 aliphatic rings. The quantitative estimate of drug-likeness (QED) is 0.449. The Bertz CT molecular complexity index is 1130. The van der Waals surface area contributed by atoms with Gasteiger partial charge in [0.2, 0.25) is 5.88 Å². The number of carbonyl (C=O) groups is 1. The number of ether oxygens (including phenoxy) is 1. The molecule has 1 N–H and O–H groups in total. The Balaban J connectivity index is 1.73. The van der Waals surface area contributed by atoms with Gasteiger partial charge in [0.05, 0.1) is 24.4 Å². The Hall–Kier alpha value is -3.07.